The smallest absolute Gasteiger partial charge is 0.220 e. The topological polar surface area (TPSA) is 54.0 Å². The Morgan fingerprint density at radius 2 is 2.50 bits per heavy atom. The molecule has 5 heteroatoms. The summed E-state index contributed by atoms with van der Waals surface area (Å²) in [7, 11) is 1.88. The first kappa shape index (κ1) is 11.1. The molecule has 0 aliphatic carbocycles. The van der Waals surface area contributed by atoms with Crippen molar-refractivity contribution in [3.8, 4) is 0 Å². The van der Waals surface area contributed by atoms with Gasteiger partial charge in [-0.25, -0.2) is 0 Å². The minimum atomic E-state index is 0.105. The van der Waals surface area contributed by atoms with Gasteiger partial charge in [-0.1, -0.05) is 0 Å². The summed E-state index contributed by atoms with van der Waals surface area (Å²) in [4.78, 5) is 16.3. The van der Waals surface area contributed by atoms with E-state index in [0.29, 0.717) is 13.0 Å². The van der Waals surface area contributed by atoms with Gasteiger partial charge in [0.1, 0.15) is 0 Å². The molecule has 1 heterocycles. The third-order valence-electron chi connectivity index (χ3n) is 1.77. The first-order valence-electron chi connectivity index (χ1n) is 4.61. The van der Waals surface area contributed by atoms with Crippen LogP contribution in [0.1, 0.15) is 17.7 Å². The van der Waals surface area contributed by atoms with Crippen LogP contribution in [0, 0.1) is 0 Å². The van der Waals surface area contributed by atoms with E-state index in [4.69, 9.17) is 0 Å². The van der Waals surface area contributed by atoms with E-state index in [-0.39, 0.29) is 5.91 Å². The van der Waals surface area contributed by atoms with Crippen LogP contribution in [0.5, 0.6) is 0 Å². The van der Waals surface area contributed by atoms with Crippen LogP contribution in [0.15, 0.2) is 11.7 Å². The normalized spacial score (nSPS) is 10.1. The van der Waals surface area contributed by atoms with E-state index < -0.39 is 0 Å². The van der Waals surface area contributed by atoms with Crippen molar-refractivity contribution < 1.29 is 4.79 Å². The summed E-state index contributed by atoms with van der Waals surface area (Å²) in [6, 6.07) is 0. The van der Waals surface area contributed by atoms with Crippen molar-refractivity contribution >= 4 is 17.2 Å². The average molecular weight is 213 g/mol. The molecule has 0 fully saturated rings. The Bertz CT molecular complexity index is 261. The molecule has 1 rings (SSSR count). The van der Waals surface area contributed by atoms with Crippen LogP contribution in [0.2, 0.25) is 0 Å². The largest absolute Gasteiger partial charge is 0.351 e. The Labute approximate surface area is 87.7 Å². The van der Waals surface area contributed by atoms with Gasteiger partial charge in [-0.15, -0.1) is 11.3 Å². The van der Waals surface area contributed by atoms with Gasteiger partial charge in [0.2, 0.25) is 5.91 Å². The van der Waals surface area contributed by atoms with Crippen molar-refractivity contribution in [1.82, 2.24) is 15.6 Å². The molecule has 0 saturated carbocycles. The summed E-state index contributed by atoms with van der Waals surface area (Å²) in [6.07, 6.45) is 3.24. The molecule has 1 aromatic heterocycles. The molecule has 0 saturated heterocycles. The maximum atomic E-state index is 11.3. The molecular formula is C9H15N3OS. The van der Waals surface area contributed by atoms with Crippen molar-refractivity contribution in [2.45, 2.75) is 19.4 Å². The highest BCUT2D eigenvalue weighted by molar-refractivity contribution is 7.09. The van der Waals surface area contributed by atoms with Crippen LogP contribution < -0.4 is 10.6 Å². The van der Waals surface area contributed by atoms with Crippen molar-refractivity contribution in [2.75, 3.05) is 13.6 Å². The number of nitrogens with one attached hydrogen (secondary N) is 2. The highest BCUT2D eigenvalue weighted by Gasteiger charge is 2.00. The summed E-state index contributed by atoms with van der Waals surface area (Å²) in [5, 5.41) is 5.85. The van der Waals surface area contributed by atoms with E-state index >= 15 is 0 Å². The molecule has 78 valence electrons. The molecular weight excluding hydrogens is 198 g/mol. The number of rotatable bonds is 6. The summed E-state index contributed by atoms with van der Waals surface area (Å²) in [5.41, 5.74) is 1.77. The Kier molecular flexibility index (Phi) is 5.17. The summed E-state index contributed by atoms with van der Waals surface area (Å²) in [6.45, 7) is 1.48. The number of hydrogen-bond acceptors (Lipinski definition) is 4. The molecule has 0 aromatic carbocycles. The number of aromatic nitrogens is 1. The first-order valence-corrected chi connectivity index (χ1v) is 5.49. The van der Waals surface area contributed by atoms with Crippen LogP contribution in [0.25, 0.3) is 0 Å². The van der Waals surface area contributed by atoms with Crippen molar-refractivity contribution in [3.63, 3.8) is 0 Å². The number of carbonyl (C=O) groups is 1. The minimum absolute atomic E-state index is 0.105. The lowest BCUT2D eigenvalue weighted by molar-refractivity contribution is -0.121. The third kappa shape index (κ3) is 4.34. The zero-order valence-electron chi connectivity index (χ0n) is 8.25. The van der Waals surface area contributed by atoms with E-state index in [1.54, 1.807) is 23.0 Å². The molecule has 0 atom stereocenters. The SMILES string of the molecule is CNCCCC(=O)NCc1cncs1. The lowest BCUT2D eigenvalue weighted by Gasteiger charge is -2.02. The van der Waals surface area contributed by atoms with Crippen molar-refractivity contribution in [3.05, 3.63) is 16.6 Å². The molecule has 2 N–H and O–H groups in total. The van der Waals surface area contributed by atoms with E-state index in [9.17, 15) is 4.79 Å². The predicted octanol–water partition coefficient (Wildman–Crippen LogP) is 0.759. The Balaban J connectivity index is 2.09. The van der Waals surface area contributed by atoms with Crippen LogP contribution in [0.4, 0.5) is 0 Å². The van der Waals surface area contributed by atoms with Gasteiger partial charge in [0.15, 0.2) is 0 Å². The highest BCUT2D eigenvalue weighted by Crippen LogP contribution is 2.04. The van der Waals surface area contributed by atoms with Gasteiger partial charge in [-0.3, -0.25) is 9.78 Å². The van der Waals surface area contributed by atoms with Gasteiger partial charge in [-0.05, 0) is 20.0 Å². The molecule has 0 unspecified atom stereocenters. The van der Waals surface area contributed by atoms with Crippen LogP contribution >= 0.6 is 11.3 Å². The number of carbonyl (C=O) groups excluding carboxylic acids is 1. The molecule has 14 heavy (non-hydrogen) atoms. The lowest BCUT2D eigenvalue weighted by atomic mass is 10.3. The minimum Gasteiger partial charge on any atom is -0.351 e. The molecule has 0 bridgehead atoms. The van der Waals surface area contributed by atoms with E-state index in [2.05, 4.69) is 15.6 Å². The van der Waals surface area contributed by atoms with Gasteiger partial charge in [0, 0.05) is 17.5 Å². The maximum Gasteiger partial charge on any atom is 0.220 e. The molecule has 0 aliphatic rings. The number of hydrogen-bond donors (Lipinski definition) is 2. The highest BCUT2D eigenvalue weighted by atomic mass is 32.1. The van der Waals surface area contributed by atoms with E-state index in [1.165, 1.54) is 0 Å². The predicted molar refractivity (Wildman–Crippen MR) is 57.1 cm³/mol. The maximum absolute atomic E-state index is 11.3. The molecule has 1 amide bonds. The second-order valence-electron chi connectivity index (χ2n) is 2.95. The Hall–Kier alpha value is -0.940. The fourth-order valence-corrected chi connectivity index (χ4v) is 1.56. The van der Waals surface area contributed by atoms with E-state index in [1.807, 2.05) is 7.05 Å². The van der Waals surface area contributed by atoms with E-state index in [0.717, 1.165) is 17.8 Å². The standard InChI is InChI=1S/C9H15N3OS/c1-10-4-2-3-9(13)12-6-8-5-11-7-14-8/h5,7,10H,2-4,6H2,1H3,(H,12,13). The number of amides is 1. The zero-order chi connectivity index (χ0) is 10.2. The fourth-order valence-electron chi connectivity index (χ4n) is 1.03. The molecule has 1 aromatic rings. The number of thiazole rings is 1. The Morgan fingerprint density at radius 1 is 1.64 bits per heavy atom. The molecule has 0 spiro atoms. The summed E-state index contributed by atoms with van der Waals surface area (Å²) < 4.78 is 0. The number of nitrogens with zero attached hydrogens (tertiary/aromatic N) is 1. The monoisotopic (exact) mass is 213 g/mol. The van der Waals surface area contributed by atoms with Gasteiger partial charge in [0.25, 0.3) is 0 Å². The summed E-state index contributed by atoms with van der Waals surface area (Å²) >= 11 is 1.56. The van der Waals surface area contributed by atoms with Crippen LogP contribution in [0.3, 0.4) is 0 Å². The molecule has 0 radical (unpaired) electrons. The molecule has 0 aliphatic heterocycles. The Morgan fingerprint density at radius 3 is 3.14 bits per heavy atom. The van der Waals surface area contributed by atoms with Gasteiger partial charge in [0.05, 0.1) is 12.1 Å². The fraction of sp³-hybridized carbons (Fsp3) is 0.556. The second-order valence-corrected chi connectivity index (χ2v) is 3.92. The van der Waals surface area contributed by atoms with Gasteiger partial charge in [-0.2, -0.15) is 0 Å². The quantitative estimate of drug-likeness (QED) is 0.686. The average Bonchev–Trinajstić information content (AvgIpc) is 2.68. The summed E-state index contributed by atoms with van der Waals surface area (Å²) in [5.74, 6) is 0.105. The first-order chi connectivity index (χ1) is 6.83. The lowest BCUT2D eigenvalue weighted by Crippen LogP contribution is -2.23. The van der Waals surface area contributed by atoms with Gasteiger partial charge >= 0.3 is 0 Å². The van der Waals surface area contributed by atoms with Gasteiger partial charge < -0.3 is 10.6 Å². The third-order valence-corrected chi connectivity index (χ3v) is 2.55. The second kappa shape index (κ2) is 6.50. The van der Waals surface area contributed by atoms with Crippen LogP contribution in [-0.4, -0.2) is 24.5 Å². The zero-order valence-corrected chi connectivity index (χ0v) is 9.06. The van der Waals surface area contributed by atoms with Crippen molar-refractivity contribution in [2.24, 2.45) is 0 Å². The van der Waals surface area contributed by atoms with Crippen molar-refractivity contribution in [1.29, 1.82) is 0 Å². The molecule has 4 nitrogen and oxygen atoms in total. The van der Waals surface area contributed by atoms with Crippen LogP contribution in [-0.2, 0) is 11.3 Å².